The monoisotopic (exact) mass is 544 g/mol. The number of hydrazone groups is 2. The van der Waals surface area contributed by atoms with Crippen LogP contribution >= 0.6 is 0 Å². The smallest absolute Gasteiger partial charge is 0.228 e. The summed E-state index contributed by atoms with van der Waals surface area (Å²) in [5.41, 5.74) is 14.1. The average molecular weight is 545 g/mol. The first kappa shape index (κ1) is 27.3. The quantitative estimate of drug-likeness (QED) is 0.169. The number of nitriles is 1. The van der Waals surface area contributed by atoms with Crippen molar-refractivity contribution in [2.45, 2.75) is 38.6 Å². The molecule has 4 heterocycles. The number of nitrogens with one attached hydrogen (secondary N) is 5. The Hall–Kier alpha value is -4.28. The number of piperidine rings is 2. The summed E-state index contributed by atoms with van der Waals surface area (Å²) in [6.45, 7) is 4.33. The molecule has 0 radical (unpaired) electrons. The molecule has 13 heteroatoms. The Morgan fingerprint density at radius 3 is 2.70 bits per heavy atom. The maximum absolute atomic E-state index is 12.1. The Labute approximate surface area is 234 Å². The van der Waals surface area contributed by atoms with Crippen molar-refractivity contribution < 1.29 is 4.79 Å². The Kier molecular flexibility index (Phi) is 9.00. The average Bonchev–Trinajstić information content (AvgIpc) is 3.51. The molecule has 3 aliphatic rings. The van der Waals surface area contributed by atoms with Crippen molar-refractivity contribution in [3.8, 4) is 6.07 Å². The van der Waals surface area contributed by atoms with Crippen molar-refractivity contribution in [1.82, 2.24) is 36.8 Å². The van der Waals surface area contributed by atoms with Crippen molar-refractivity contribution in [3.05, 3.63) is 41.1 Å². The Morgan fingerprint density at radius 2 is 2.00 bits per heavy atom. The van der Waals surface area contributed by atoms with Crippen molar-refractivity contribution in [3.63, 3.8) is 0 Å². The number of carbonyl (C=O) groups excluding carboxylic acids is 1. The van der Waals surface area contributed by atoms with Crippen LogP contribution in [0, 0.1) is 23.2 Å². The molecule has 1 aromatic heterocycles. The van der Waals surface area contributed by atoms with E-state index in [1.54, 1.807) is 7.05 Å². The highest BCUT2D eigenvalue weighted by atomic mass is 16.1. The zero-order chi connectivity index (χ0) is 27.7. The summed E-state index contributed by atoms with van der Waals surface area (Å²) in [5, 5.41) is 21.0. The third-order valence-corrected chi connectivity index (χ3v) is 7.55. The number of likely N-dealkylation sites (tertiary alicyclic amines) is 1. The van der Waals surface area contributed by atoms with Crippen LogP contribution in [0.4, 0.5) is 17.5 Å². The van der Waals surface area contributed by atoms with E-state index in [4.69, 9.17) is 4.98 Å². The topological polar surface area (TPSA) is 158 Å². The minimum absolute atomic E-state index is 0.0689. The first-order valence-electron chi connectivity index (χ1n) is 13.8. The highest BCUT2D eigenvalue weighted by Crippen LogP contribution is 2.27. The number of aldehydes is 1. The van der Waals surface area contributed by atoms with E-state index in [0.29, 0.717) is 35.5 Å². The van der Waals surface area contributed by atoms with Crippen molar-refractivity contribution in [1.29, 1.82) is 5.26 Å². The van der Waals surface area contributed by atoms with Crippen LogP contribution in [0.1, 0.15) is 53.7 Å². The van der Waals surface area contributed by atoms with Gasteiger partial charge < -0.3 is 15.6 Å². The van der Waals surface area contributed by atoms with Gasteiger partial charge in [0.25, 0.3) is 0 Å². The molecule has 1 aromatic carbocycles. The van der Waals surface area contributed by atoms with Crippen LogP contribution in [-0.4, -0.2) is 66.4 Å². The lowest BCUT2D eigenvalue weighted by Gasteiger charge is -2.31. The lowest BCUT2D eigenvalue weighted by atomic mass is 9.93. The Balaban J connectivity index is 1.25. The molecule has 0 amide bonds. The van der Waals surface area contributed by atoms with Crippen LogP contribution in [0.2, 0.25) is 0 Å². The summed E-state index contributed by atoms with van der Waals surface area (Å²) in [4.78, 5) is 25.9. The molecule has 0 aliphatic carbocycles. The maximum atomic E-state index is 12.1. The zero-order valence-electron chi connectivity index (χ0n) is 22.7. The molecule has 5 N–H and O–H groups in total. The second-order valence-electron chi connectivity index (χ2n) is 10.4. The number of hydrogen-bond donors (Lipinski definition) is 5. The lowest BCUT2D eigenvalue weighted by molar-refractivity contribution is 0.112. The minimum atomic E-state index is -0.0689. The van der Waals surface area contributed by atoms with Crippen molar-refractivity contribution >= 4 is 35.8 Å². The highest BCUT2D eigenvalue weighted by Gasteiger charge is 2.24. The fraction of sp³-hybridized carbons (Fsp3) is 0.481. The minimum Gasteiger partial charge on any atom is -0.339 e. The van der Waals surface area contributed by atoms with Gasteiger partial charge in [-0.3, -0.25) is 15.1 Å². The summed E-state index contributed by atoms with van der Waals surface area (Å²) in [6, 6.07) is 10.6. The number of hydrogen-bond acceptors (Lipinski definition) is 13. The van der Waals surface area contributed by atoms with E-state index in [9.17, 15) is 10.1 Å². The molecule has 1 unspecified atom stereocenters. The number of benzene rings is 1. The van der Waals surface area contributed by atoms with Gasteiger partial charge in [-0.25, -0.2) is 10.5 Å². The molecular weight excluding hydrogens is 508 g/mol. The number of amidine groups is 1. The van der Waals surface area contributed by atoms with Gasteiger partial charge in [0.15, 0.2) is 6.29 Å². The number of nitrogens with zero attached hydrogens (tertiary/aromatic N) is 7. The van der Waals surface area contributed by atoms with Crippen LogP contribution in [0.3, 0.4) is 0 Å². The molecule has 13 nitrogen and oxygen atoms in total. The molecular formula is C27H36N12O. The predicted octanol–water partition coefficient (Wildman–Crippen LogP) is 1.85. The molecule has 0 spiro atoms. The number of anilines is 3. The fourth-order valence-electron chi connectivity index (χ4n) is 5.35. The second-order valence-corrected chi connectivity index (χ2v) is 10.4. The van der Waals surface area contributed by atoms with Gasteiger partial charge >= 0.3 is 0 Å². The van der Waals surface area contributed by atoms with Gasteiger partial charge in [0.2, 0.25) is 5.95 Å². The summed E-state index contributed by atoms with van der Waals surface area (Å²) >= 11 is 0. The Morgan fingerprint density at radius 1 is 1.18 bits per heavy atom. The molecule has 5 rings (SSSR count). The molecule has 40 heavy (non-hydrogen) atoms. The van der Waals surface area contributed by atoms with E-state index in [2.05, 4.69) is 65.5 Å². The molecule has 1 atom stereocenters. The molecule has 2 aromatic rings. The zero-order valence-corrected chi connectivity index (χ0v) is 22.7. The molecule has 0 saturated carbocycles. The number of aromatic nitrogens is 2. The molecule has 2 fully saturated rings. The molecule has 210 valence electrons. The first-order valence-corrected chi connectivity index (χ1v) is 13.8. The van der Waals surface area contributed by atoms with Crippen LogP contribution in [-0.2, 0) is 6.54 Å². The standard InChI is InChI=1S/C27H36N12O/c1-29-30-15-24-23(18-40)26(33-27(32-24)39-10-2-3-21(14-28)17-39)31-22-6-4-20(5-7-22)16-38-11-8-19(9-12-38)13-25-34-36-37-35-25/h4-7,15,18-19,21,29,36-37H,2-3,8-13,16-17H2,1H3,(H,34,35)(H,31,32,33)/b30-15-. The van der Waals surface area contributed by atoms with E-state index in [0.717, 1.165) is 76.1 Å². The summed E-state index contributed by atoms with van der Waals surface area (Å²) in [6.07, 6.45) is 7.28. The van der Waals surface area contributed by atoms with E-state index < -0.39 is 0 Å². The van der Waals surface area contributed by atoms with Crippen molar-refractivity contribution in [2.24, 2.45) is 22.0 Å². The number of carbonyl (C=O) groups is 1. The molecule has 2 saturated heterocycles. The molecule has 0 bridgehead atoms. The third-order valence-electron chi connectivity index (χ3n) is 7.55. The van der Waals surface area contributed by atoms with E-state index in [-0.39, 0.29) is 5.92 Å². The maximum Gasteiger partial charge on any atom is 0.228 e. The van der Waals surface area contributed by atoms with E-state index in [1.807, 2.05) is 17.0 Å². The van der Waals surface area contributed by atoms with Crippen LogP contribution in [0.25, 0.3) is 0 Å². The fourth-order valence-corrected chi connectivity index (χ4v) is 5.35. The normalized spacial score (nSPS) is 19.9. The molecule has 3 aliphatic heterocycles. The SMILES string of the molecule is CN/N=C\c1nc(N2CCCC(C#N)C2)nc(Nc2ccc(CN3CCC(CC4=NNNN4)CC3)cc2)c1C=O. The summed E-state index contributed by atoms with van der Waals surface area (Å²) in [5.74, 6) is 2.44. The van der Waals surface area contributed by atoms with E-state index in [1.165, 1.54) is 11.8 Å². The first-order chi connectivity index (χ1) is 19.6. The van der Waals surface area contributed by atoms with Crippen molar-refractivity contribution in [2.75, 3.05) is 43.4 Å². The van der Waals surface area contributed by atoms with Gasteiger partial charge in [0, 0.05) is 38.8 Å². The summed E-state index contributed by atoms with van der Waals surface area (Å²) < 4.78 is 0. The largest absolute Gasteiger partial charge is 0.339 e. The van der Waals surface area contributed by atoms with Gasteiger partial charge in [-0.05, 0) is 62.4 Å². The van der Waals surface area contributed by atoms with Gasteiger partial charge in [-0.15, -0.1) is 10.6 Å². The van der Waals surface area contributed by atoms with Crippen LogP contribution in [0.15, 0.2) is 34.5 Å². The van der Waals surface area contributed by atoms with Gasteiger partial charge in [0.05, 0.1) is 23.8 Å². The van der Waals surface area contributed by atoms with Gasteiger partial charge in [-0.1, -0.05) is 12.1 Å². The van der Waals surface area contributed by atoms with Gasteiger partial charge in [-0.2, -0.15) is 15.3 Å². The predicted molar refractivity (Wildman–Crippen MR) is 154 cm³/mol. The van der Waals surface area contributed by atoms with E-state index >= 15 is 0 Å². The Bertz CT molecular complexity index is 1260. The van der Waals surface area contributed by atoms with Crippen LogP contribution < -0.4 is 32.1 Å². The second kappa shape index (κ2) is 13.2. The van der Waals surface area contributed by atoms with Crippen LogP contribution in [0.5, 0.6) is 0 Å². The third kappa shape index (κ3) is 6.83. The number of hydrazine groups is 2. The van der Waals surface area contributed by atoms with Gasteiger partial charge in [0.1, 0.15) is 17.3 Å². The highest BCUT2D eigenvalue weighted by molar-refractivity contribution is 5.96. The summed E-state index contributed by atoms with van der Waals surface area (Å²) in [7, 11) is 1.68. The number of rotatable bonds is 10. The lowest BCUT2D eigenvalue weighted by Crippen LogP contribution is -2.38.